The molecule has 0 fully saturated rings. The molecule has 1 aromatic carbocycles. The van der Waals surface area contributed by atoms with Crippen LogP contribution in [0, 0.1) is 12.3 Å². The van der Waals surface area contributed by atoms with Crippen LogP contribution in [0.25, 0.3) is 0 Å². The number of nitrogens with one attached hydrogen (secondary N) is 2. The van der Waals surface area contributed by atoms with Crippen molar-refractivity contribution in [2.75, 3.05) is 13.2 Å². The Hall–Kier alpha value is -3.54. The van der Waals surface area contributed by atoms with Crippen molar-refractivity contribution in [2.24, 2.45) is 16.5 Å². The van der Waals surface area contributed by atoms with Crippen LogP contribution in [0.2, 0.25) is 0 Å². The lowest BCUT2D eigenvalue weighted by Gasteiger charge is -2.13. The molecular weight excluding hydrogens is 338 g/mol. The number of carbonyl (C=O) groups is 3. The van der Waals surface area contributed by atoms with Crippen LogP contribution in [0.1, 0.15) is 23.7 Å². The number of benzene rings is 1. The van der Waals surface area contributed by atoms with Crippen LogP contribution in [0.5, 0.6) is 0 Å². The molecule has 0 unspecified atom stereocenters. The largest absolute Gasteiger partial charge is 0.466 e. The molecule has 1 aromatic rings. The molecule has 0 aliphatic rings. The number of aliphatic imine (C=N–C) groups is 1. The number of carbonyl (C=O) groups excluding carboxylic acids is 3. The van der Waals surface area contributed by atoms with Crippen molar-refractivity contribution in [3.8, 4) is 12.3 Å². The van der Waals surface area contributed by atoms with Crippen molar-refractivity contribution in [2.45, 2.75) is 19.4 Å². The van der Waals surface area contributed by atoms with Crippen LogP contribution in [0.15, 0.2) is 29.3 Å². The average Bonchev–Trinajstić information content (AvgIpc) is 2.59. The maximum absolute atomic E-state index is 12.1. The number of ether oxygens (including phenoxy) is 1. The van der Waals surface area contributed by atoms with Gasteiger partial charge in [-0.05, 0) is 25.1 Å². The van der Waals surface area contributed by atoms with E-state index in [0.717, 1.165) is 0 Å². The SMILES string of the molecule is C#C[C@@H](CC(=O)OCC)NC(=O)CNC(=O)c1cccc(N=C(N)N)c1. The quantitative estimate of drug-likeness (QED) is 0.211. The molecule has 0 aromatic heterocycles. The highest BCUT2D eigenvalue weighted by atomic mass is 16.5. The Bertz CT molecular complexity index is 735. The maximum Gasteiger partial charge on any atom is 0.308 e. The zero-order valence-electron chi connectivity index (χ0n) is 14.3. The minimum atomic E-state index is -0.816. The van der Waals surface area contributed by atoms with Gasteiger partial charge in [0.05, 0.1) is 25.3 Å². The minimum absolute atomic E-state index is 0.135. The molecule has 0 saturated carbocycles. The van der Waals surface area contributed by atoms with E-state index in [1.54, 1.807) is 25.1 Å². The van der Waals surface area contributed by atoms with Gasteiger partial charge in [-0.2, -0.15) is 0 Å². The smallest absolute Gasteiger partial charge is 0.308 e. The molecule has 9 heteroatoms. The van der Waals surface area contributed by atoms with E-state index in [4.69, 9.17) is 22.6 Å². The first kappa shape index (κ1) is 20.5. The van der Waals surface area contributed by atoms with E-state index in [9.17, 15) is 14.4 Å². The molecule has 0 aliphatic heterocycles. The van der Waals surface area contributed by atoms with E-state index in [-0.39, 0.29) is 31.1 Å². The Kier molecular flexibility index (Phi) is 8.16. The third-order valence-corrected chi connectivity index (χ3v) is 2.99. The Morgan fingerprint density at radius 3 is 2.69 bits per heavy atom. The van der Waals surface area contributed by atoms with E-state index in [1.165, 1.54) is 6.07 Å². The molecule has 0 bridgehead atoms. The molecule has 0 aliphatic carbocycles. The second-order valence-corrected chi connectivity index (χ2v) is 5.07. The summed E-state index contributed by atoms with van der Waals surface area (Å²) in [5.41, 5.74) is 11.3. The van der Waals surface area contributed by atoms with Crippen molar-refractivity contribution in [1.29, 1.82) is 0 Å². The monoisotopic (exact) mass is 359 g/mol. The summed E-state index contributed by atoms with van der Waals surface area (Å²) in [5.74, 6) is 0.604. The molecule has 138 valence electrons. The predicted molar refractivity (Wildman–Crippen MR) is 96.3 cm³/mol. The highest BCUT2D eigenvalue weighted by Gasteiger charge is 2.15. The minimum Gasteiger partial charge on any atom is -0.466 e. The lowest BCUT2D eigenvalue weighted by molar-refractivity contribution is -0.143. The van der Waals surface area contributed by atoms with Gasteiger partial charge in [0.2, 0.25) is 5.91 Å². The van der Waals surface area contributed by atoms with Crippen LogP contribution < -0.4 is 22.1 Å². The molecule has 9 nitrogen and oxygen atoms in total. The van der Waals surface area contributed by atoms with E-state index in [0.29, 0.717) is 5.69 Å². The summed E-state index contributed by atoms with van der Waals surface area (Å²) in [5, 5.41) is 4.90. The topological polar surface area (TPSA) is 149 Å². The Labute approximate surface area is 151 Å². The Morgan fingerprint density at radius 1 is 1.35 bits per heavy atom. The second-order valence-electron chi connectivity index (χ2n) is 5.07. The number of hydrogen-bond donors (Lipinski definition) is 4. The Balaban J connectivity index is 2.56. The lowest BCUT2D eigenvalue weighted by Crippen LogP contribution is -2.42. The third kappa shape index (κ3) is 7.35. The maximum atomic E-state index is 12.1. The number of esters is 1. The first-order valence-electron chi connectivity index (χ1n) is 7.74. The van der Waals surface area contributed by atoms with Crippen LogP contribution >= 0.6 is 0 Å². The normalized spacial score (nSPS) is 10.8. The standard InChI is InChI=1S/C17H21N5O4/c1-3-12(9-15(24)26-4-2)21-14(23)10-20-16(25)11-6-5-7-13(8-11)22-17(18)19/h1,5-8,12H,4,9-10H2,2H3,(H,20,25)(H,21,23)(H4,18,19,22)/t12-/m0/s1. The molecule has 0 spiro atoms. The first-order chi connectivity index (χ1) is 12.3. The van der Waals surface area contributed by atoms with Gasteiger partial charge in [0.25, 0.3) is 5.91 Å². The van der Waals surface area contributed by atoms with E-state index < -0.39 is 23.8 Å². The zero-order valence-corrected chi connectivity index (χ0v) is 14.3. The van der Waals surface area contributed by atoms with Crippen molar-refractivity contribution < 1.29 is 19.1 Å². The van der Waals surface area contributed by atoms with Crippen LogP contribution in [0.4, 0.5) is 5.69 Å². The van der Waals surface area contributed by atoms with Gasteiger partial charge in [-0.3, -0.25) is 14.4 Å². The summed E-state index contributed by atoms with van der Waals surface area (Å²) in [6.45, 7) is 1.57. The van der Waals surface area contributed by atoms with Crippen molar-refractivity contribution >= 4 is 29.4 Å². The summed E-state index contributed by atoms with van der Waals surface area (Å²) >= 11 is 0. The van der Waals surface area contributed by atoms with Gasteiger partial charge >= 0.3 is 5.97 Å². The lowest BCUT2D eigenvalue weighted by atomic mass is 10.2. The summed E-state index contributed by atoms with van der Waals surface area (Å²) in [7, 11) is 0. The summed E-state index contributed by atoms with van der Waals surface area (Å²) in [4.78, 5) is 39.2. The number of nitrogens with zero attached hydrogens (tertiary/aromatic N) is 1. The van der Waals surface area contributed by atoms with Gasteiger partial charge in [0.1, 0.15) is 6.04 Å². The van der Waals surface area contributed by atoms with Crippen molar-refractivity contribution in [1.82, 2.24) is 10.6 Å². The number of terminal acetylenes is 1. The van der Waals surface area contributed by atoms with E-state index in [2.05, 4.69) is 21.5 Å². The molecule has 26 heavy (non-hydrogen) atoms. The summed E-state index contributed by atoms with van der Waals surface area (Å²) in [6, 6.07) is 5.42. The predicted octanol–water partition coefficient (Wildman–Crippen LogP) is -0.607. The fourth-order valence-electron chi connectivity index (χ4n) is 1.91. The van der Waals surface area contributed by atoms with Crippen molar-refractivity contribution in [3.05, 3.63) is 29.8 Å². The molecule has 0 radical (unpaired) electrons. The number of hydrogen-bond acceptors (Lipinski definition) is 5. The highest BCUT2D eigenvalue weighted by Crippen LogP contribution is 2.13. The summed E-state index contributed by atoms with van der Waals surface area (Å²) in [6.07, 6.45) is 5.13. The molecule has 1 atom stereocenters. The third-order valence-electron chi connectivity index (χ3n) is 2.99. The number of nitrogens with two attached hydrogens (primary N) is 2. The highest BCUT2D eigenvalue weighted by molar-refractivity contribution is 5.97. The molecule has 6 N–H and O–H groups in total. The van der Waals surface area contributed by atoms with Crippen LogP contribution in [-0.2, 0) is 14.3 Å². The van der Waals surface area contributed by atoms with Crippen LogP contribution in [-0.4, -0.2) is 42.9 Å². The van der Waals surface area contributed by atoms with Crippen molar-refractivity contribution in [3.63, 3.8) is 0 Å². The molecule has 1 rings (SSSR count). The zero-order chi connectivity index (χ0) is 19.5. The van der Waals surface area contributed by atoms with Crippen LogP contribution in [0.3, 0.4) is 0 Å². The molecular formula is C17H21N5O4. The number of amides is 2. The fraction of sp³-hybridized carbons (Fsp3) is 0.294. The van der Waals surface area contributed by atoms with E-state index in [1.807, 2.05) is 0 Å². The second kappa shape index (κ2) is 10.4. The molecule has 2 amide bonds. The molecule has 0 heterocycles. The average molecular weight is 359 g/mol. The van der Waals surface area contributed by atoms with Gasteiger partial charge in [0, 0.05) is 5.56 Å². The van der Waals surface area contributed by atoms with Gasteiger partial charge in [-0.25, -0.2) is 4.99 Å². The van der Waals surface area contributed by atoms with Gasteiger partial charge in [-0.15, -0.1) is 6.42 Å². The molecule has 0 saturated heterocycles. The summed E-state index contributed by atoms with van der Waals surface area (Å²) < 4.78 is 4.77. The van der Waals surface area contributed by atoms with Gasteiger partial charge in [0.15, 0.2) is 5.96 Å². The first-order valence-corrected chi connectivity index (χ1v) is 7.74. The number of rotatable bonds is 8. The fourth-order valence-corrected chi connectivity index (χ4v) is 1.91. The van der Waals surface area contributed by atoms with Gasteiger partial charge < -0.3 is 26.8 Å². The Morgan fingerprint density at radius 2 is 2.08 bits per heavy atom. The van der Waals surface area contributed by atoms with E-state index >= 15 is 0 Å². The number of guanidine groups is 1. The van der Waals surface area contributed by atoms with Gasteiger partial charge in [-0.1, -0.05) is 12.0 Å².